The summed E-state index contributed by atoms with van der Waals surface area (Å²) >= 11 is 0. The molecule has 0 amide bonds. The Labute approximate surface area is 175 Å². The molecule has 0 atom stereocenters. The van der Waals surface area contributed by atoms with Crippen molar-refractivity contribution in [1.29, 1.82) is 0 Å². The molecular weight excluding hydrogens is 369 g/mol. The third-order valence-corrected chi connectivity index (χ3v) is 8.12. The van der Waals surface area contributed by atoms with Gasteiger partial charge in [0.1, 0.15) is 0 Å². The number of hydrogen-bond donors (Lipinski definition) is 0. The van der Waals surface area contributed by atoms with Crippen molar-refractivity contribution in [3.8, 4) is 0 Å². The van der Waals surface area contributed by atoms with E-state index in [4.69, 9.17) is 0 Å². The van der Waals surface area contributed by atoms with Gasteiger partial charge >= 0.3 is 6.18 Å². The lowest BCUT2D eigenvalue weighted by molar-refractivity contribution is -0.203. The van der Waals surface area contributed by atoms with Gasteiger partial charge in [0, 0.05) is 0 Å². The molecule has 0 saturated heterocycles. The lowest BCUT2D eigenvalue weighted by Crippen LogP contribution is -2.46. The highest BCUT2D eigenvalue weighted by Gasteiger charge is 2.57. The fourth-order valence-corrected chi connectivity index (χ4v) is 6.03. The zero-order valence-electron chi connectivity index (χ0n) is 18.4. The van der Waals surface area contributed by atoms with Crippen molar-refractivity contribution in [1.82, 2.24) is 0 Å². The molecule has 3 heteroatoms. The van der Waals surface area contributed by atoms with Crippen molar-refractivity contribution in [3.05, 3.63) is 35.4 Å². The van der Waals surface area contributed by atoms with Crippen molar-refractivity contribution >= 4 is 0 Å². The highest BCUT2D eigenvalue weighted by atomic mass is 19.4. The maximum atomic E-state index is 14.2. The smallest absolute Gasteiger partial charge is 0.170 e. The molecule has 0 radical (unpaired) electrons. The SMILES string of the molecule is CCCCCC1CCC([C@H]2CC[C@@](c3ccc(CC)cc3)(C(F)(F)F)CC2)CC1. The Bertz CT molecular complexity index is 600. The fourth-order valence-electron chi connectivity index (χ4n) is 6.03. The van der Waals surface area contributed by atoms with Crippen molar-refractivity contribution in [2.75, 3.05) is 0 Å². The van der Waals surface area contributed by atoms with Crippen LogP contribution in [0.1, 0.15) is 102 Å². The number of hydrogen-bond acceptors (Lipinski definition) is 0. The van der Waals surface area contributed by atoms with Crippen molar-refractivity contribution in [2.45, 2.75) is 109 Å². The van der Waals surface area contributed by atoms with E-state index in [1.807, 2.05) is 19.1 Å². The summed E-state index contributed by atoms with van der Waals surface area (Å²) in [6, 6.07) is 7.26. The van der Waals surface area contributed by atoms with Crippen LogP contribution >= 0.6 is 0 Å². The van der Waals surface area contributed by atoms with Gasteiger partial charge in [-0.05, 0) is 73.8 Å². The van der Waals surface area contributed by atoms with E-state index in [2.05, 4.69) is 6.92 Å². The van der Waals surface area contributed by atoms with Crippen molar-refractivity contribution in [2.24, 2.45) is 17.8 Å². The summed E-state index contributed by atoms with van der Waals surface area (Å²) in [4.78, 5) is 0. The van der Waals surface area contributed by atoms with Crippen LogP contribution in [0.2, 0.25) is 0 Å². The third-order valence-electron chi connectivity index (χ3n) is 8.12. The van der Waals surface area contributed by atoms with Gasteiger partial charge in [0.2, 0.25) is 0 Å². The number of halogens is 3. The van der Waals surface area contributed by atoms with Crippen LogP contribution in [-0.4, -0.2) is 6.18 Å². The molecule has 29 heavy (non-hydrogen) atoms. The van der Waals surface area contributed by atoms with Gasteiger partial charge in [-0.2, -0.15) is 13.2 Å². The summed E-state index contributed by atoms with van der Waals surface area (Å²) < 4.78 is 42.7. The molecule has 164 valence electrons. The summed E-state index contributed by atoms with van der Waals surface area (Å²) in [6.45, 7) is 4.29. The maximum absolute atomic E-state index is 14.2. The van der Waals surface area contributed by atoms with Crippen LogP contribution in [0.4, 0.5) is 13.2 Å². The van der Waals surface area contributed by atoms with Crippen LogP contribution in [-0.2, 0) is 11.8 Å². The van der Waals surface area contributed by atoms with Crippen LogP contribution in [0.3, 0.4) is 0 Å². The molecule has 2 fully saturated rings. The van der Waals surface area contributed by atoms with Crippen molar-refractivity contribution in [3.63, 3.8) is 0 Å². The van der Waals surface area contributed by atoms with Gasteiger partial charge in [0.05, 0.1) is 5.41 Å². The second-order valence-electron chi connectivity index (χ2n) is 9.74. The quantitative estimate of drug-likeness (QED) is 0.396. The molecule has 0 bridgehead atoms. The van der Waals surface area contributed by atoms with Gasteiger partial charge in [-0.3, -0.25) is 0 Å². The molecule has 0 aromatic heterocycles. The predicted octanol–water partition coefficient (Wildman–Crippen LogP) is 8.63. The number of alkyl halides is 3. The van der Waals surface area contributed by atoms with Gasteiger partial charge in [-0.1, -0.05) is 76.6 Å². The van der Waals surface area contributed by atoms with E-state index >= 15 is 0 Å². The minimum absolute atomic E-state index is 0.267. The Morgan fingerprint density at radius 3 is 1.93 bits per heavy atom. The third kappa shape index (κ3) is 5.20. The van der Waals surface area contributed by atoms with Crippen LogP contribution in [0.25, 0.3) is 0 Å². The average Bonchev–Trinajstić information content (AvgIpc) is 2.74. The van der Waals surface area contributed by atoms with Gasteiger partial charge in [0.15, 0.2) is 0 Å². The summed E-state index contributed by atoms with van der Waals surface area (Å²) in [5.74, 6) is 2.02. The Balaban J connectivity index is 1.59. The molecule has 0 spiro atoms. The van der Waals surface area contributed by atoms with Crippen LogP contribution in [0.5, 0.6) is 0 Å². The van der Waals surface area contributed by atoms with Gasteiger partial charge in [0.25, 0.3) is 0 Å². The topological polar surface area (TPSA) is 0 Å². The number of unbranched alkanes of at least 4 members (excludes halogenated alkanes) is 2. The minimum atomic E-state index is -4.16. The summed E-state index contributed by atoms with van der Waals surface area (Å²) in [6.07, 6.45) is 9.10. The van der Waals surface area contributed by atoms with Crippen LogP contribution in [0, 0.1) is 17.8 Å². The van der Waals surface area contributed by atoms with E-state index in [0.717, 1.165) is 30.7 Å². The van der Waals surface area contributed by atoms with E-state index < -0.39 is 11.6 Å². The van der Waals surface area contributed by atoms with Gasteiger partial charge < -0.3 is 0 Å². The van der Waals surface area contributed by atoms with Gasteiger partial charge in [-0.15, -0.1) is 0 Å². The molecule has 2 saturated carbocycles. The second-order valence-corrected chi connectivity index (χ2v) is 9.74. The lowest BCUT2D eigenvalue weighted by Gasteiger charge is -2.45. The minimum Gasteiger partial charge on any atom is -0.170 e. The summed E-state index contributed by atoms with van der Waals surface area (Å²) in [5.41, 5.74) is -0.0385. The molecule has 1 aromatic rings. The van der Waals surface area contributed by atoms with E-state index in [1.54, 1.807) is 12.1 Å². The Hall–Kier alpha value is -0.990. The molecule has 0 nitrogen and oxygen atoms in total. The lowest BCUT2D eigenvalue weighted by atomic mass is 9.61. The number of rotatable bonds is 7. The maximum Gasteiger partial charge on any atom is 0.398 e. The molecule has 2 aliphatic rings. The van der Waals surface area contributed by atoms with Gasteiger partial charge in [-0.25, -0.2) is 0 Å². The van der Waals surface area contributed by atoms with E-state index in [9.17, 15) is 13.2 Å². The molecule has 0 N–H and O–H groups in total. The first-order chi connectivity index (χ1) is 13.9. The van der Waals surface area contributed by atoms with E-state index in [1.165, 1.54) is 51.4 Å². The first kappa shape index (κ1) is 22.7. The largest absolute Gasteiger partial charge is 0.398 e. The highest BCUT2D eigenvalue weighted by Crippen LogP contribution is 2.54. The monoisotopic (exact) mass is 408 g/mol. The highest BCUT2D eigenvalue weighted by molar-refractivity contribution is 5.31. The van der Waals surface area contributed by atoms with Crippen LogP contribution < -0.4 is 0 Å². The standard InChI is InChI=1S/C26H39F3/c1-3-5-6-7-21-8-12-22(13-9-21)23-16-18-25(19-17-23,26(27,28)29)24-14-10-20(4-2)11-15-24/h10-11,14-15,21-23H,3-9,12-13,16-19H2,1-2H3/t21?,22?,23-,25+. The summed E-state index contributed by atoms with van der Waals surface area (Å²) in [5, 5.41) is 0. The predicted molar refractivity (Wildman–Crippen MR) is 115 cm³/mol. The number of benzene rings is 1. The number of aryl methyl sites for hydroxylation is 1. The average molecular weight is 409 g/mol. The first-order valence-corrected chi connectivity index (χ1v) is 12.1. The Morgan fingerprint density at radius 2 is 1.41 bits per heavy atom. The van der Waals surface area contributed by atoms with E-state index in [-0.39, 0.29) is 12.8 Å². The zero-order valence-corrected chi connectivity index (χ0v) is 18.4. The van der Waals surface area contributed by atoms with Crippen molar-refractivity contribution < 1.29 is 13.2 Å². The van der Waals surface area contributed by atoms with Crippen LogP contribution in [0.15, 0.2) is 24.3 Å². The molecule has 1 aromatic carbocycles. The molecule has 3 rings (SSSR count). The Morgan fingerprint density at radius 1 is 0.828 bits per heavy atom. The molecule has 0 heterocycles. The normalized spacial score (nSPS) is 31.0. The second kappa shape index (κ2) is 9.88. The molecule has 2 aliphatic carbocycles. The molecule has 0 aliphatic heterocycles. The fraction of sp³-hybridized carbons (Fsp3) is 0.769. The first-order valence-electron chi connectivity index (χ1n) is 12.1. The summed E-state index contributed by atoms with van der Waals surface area (Å²) in [7, 11) is 0. The Kier molecular flexibility index (Phi) is 7.73. The zero-order chi connectivity index (χ0) is 20.9. The molecule has 0 unspecified atom stereocenters. The molecular formula is C26H39F3. The van der Waals surface area contributed by atoms with E-state index in [0.29, 0.717) is 17.4 Å².